The number of unbranched alkanes of at least 4 members (excludes halogenated alkanes) is 2. The van der Waals surface area contributed by atoms with Crippen molar-refractivity contribution in [2.24, 2.45) is 11.3 Å². The van der Waals surface area contributed by atoms with Gasteiger partial charge in [-0.3, -0.25) is 0 Å². The summed E-state index contributed by atoms with van der Waals surface area (Å²) in [5, 5.41) is 10.8. The lowest BCUT2D eigenvalue weighted by Crippen LogP contribution is -2.37. The zero-order valence-electron chi connectivity index (χ0n) is 15.3. The van der Waals surface area contributed by atoms with E-state index < -0.39 is 0 Å². The van der Waals surface area contributed by atoms with Crippen LogP contribution in [0.4, 0.5) is 0 Å². The number of benzene rings is 1. The Hall–Kier alpha value is -1.24. The minimum absolute atomic E-state index is 0.323. The molecule has 0 saturated heterocycles. The molecule has 0 radical (unpaired) electrons. The van der Waals surface area contributed by atoms with Crippen LogP contribution in [0.3, 0.4) is 0 Å². The predicted octanol–water partition coefficient (Wildman–Crippen LogP) is 6.15. The number of allylic oxidation sites excluding steroid dienone is 2. The molecule has 0 aliphatic heterocycles. The Balaban J connectivity index is 1.99. The van der Waals surface area contributed by atoms with Crippen molar-refractivity contribution >= 4 is 0 Å². The smallest absolute Gasteiger partial charge is 0.119 e. The molecule has 2 unspecified atom stereocenters. The lowest BCUT2D eigenvalue weighted by atomic mass is 9.58. The molecular formula is C22H32O. The summed E-state index contributed by atoms with van der Waals surface area (Å²) in [5.41, 5.74) is 5.76. The molecule has 23 heavy (non-hydrogen) atoms. The van der Waals surface area contributed by atoms with Crippen LogP contribution < -0.4 is 0 Å². The second-order valence-corrected chi connectivity index (χ2v) is 8.49. The minimum atomic E-state index is 0.323. The quantitative estimate of drug-likeness (QED) is 0.522. The van der Waals surface area contributed by atoms with Gasteiger partial charge in [0.05, 0.1) is 0 Å². The largest absolute Gasteiger partial charge is 0.508 e. The van der Waals surface area contributed by atoms with E-state index in [1.165, 1.54) is 54.4 Å². The first-order chi connectivity index (χ1) is 10.9. The third-order valence-electron chi connectivity index (χ3n) is 6.10. The van der Waals surface area contributed by atoms with Crippen molar-refractivity contribution in [1.29, 1.82) is 0 Å². The predicted molar refractivity (Wildman–Crippen MR) is 98.0 cm³/mol. The summed E-state index contributed by atoms with van der Waals surface area (Å²) < 4.78 is 0. The highest BCUT2D eigenvalue weighted by Gasteiger charge is 2.43. The second-order valence-electron chi connectivity index (χ2n) is 8.49. The van der Waals surface area contributed by atoms with Crippen LogP contribution in [0.2, 0.25) is 0 Å². The van der Waals surface area contributed by atoms with Gasteiger partial charge < -0.3 is 5.11 Å². The Morgan fingerprint density at radius 2 is 2.00 bits per heavy atom. The minimum Gasteiger partial charge on any atom is -0.508 e. The van der Waals surface area contributed by atoms with Crippen molar-refractivity contribution in [3.8, 4) is 5.75 Å². The number of hydrogen-bond donors (Lipinski definition) is 1. The lowest BCUT2D eigenvalue weighted by Gasteiger charge is -2.47. The average molecular weight is 312 g/mol. The molecular weight excluding hydrogens is 280 g/mol. The van der Waals surface area contributed by atoms with Gasteiger partial charge in [0.25, 0.3) is 0 Å². The lowest BCUT2D eigenvalue weighted by molar-refractivity contribution is 0.155. The van der Waals surface area contributed by atoms with Crippen molar-refractivity contribution < 1.29 is 5.11 Å². The van der Waals surface area contributed by atoms with Crippen molar-refractivity contribution in [3.63, 3.8) is 0 Å². The summed E-state index contributed by atoms with van der Waals surface area (Å²) in [5.74, 6) is 1.62. The van der Waals surface area contributed by atoms with Gasteiger partial charge in [0, 0.05) is 11.5 Å². The van der Waals surface area contributed by atoms with E-state index in [-0.39, 0.29) is 0 Å². The van der Waals surface area contributed by atoms with Crippen LogP contribution in [-0.4, -0.2) is 5.11 Å². The first-order valence-corrected chi connectivity index (χ1v) is 9.44. The van der Waals surface area contributed by atoms with Gasteiger partial charge in [-0.15, -0.1) is 0 Å². The molecule has 0 heterocycles. The maximum atomic E-state index is 10.8. The van der Waals surface area contributed by atoms with Gasteiger partial charge in [-0.05, 0) is 67.6 Å². The van der Waals surface area contributed by atoms with Gasteiger partial charge in [0.15, 0.2) is 0 Å². The Labute approximate surface area is 141 Å². The maximum absolute atomic E-state index is 10.8. The number of aromatic hydroxyl groups is 1. The fraction of sp³-hybridized carbons (Fsp3) is 0.636. The zero-order chi connectivity index (χ0) is 16.6. The molecule has 0 bridgehead atoms. The summed E-state index contributed by atoms with van der Waals surface area (Å²) in [6.45, 7) is 9.32. The van der Waals surface area contributed by atoms with Crippen LogP contribution >= 0.6 is 0 Å². The van der Waals surface area contributed by atoms with E-state index in [9.17, 15) is 5.11 Å². The van der Waals surface area contributed by atoms with Crippen molar-refractivity contribution in [2.45, 2.75) is 78.6 Å². The molecule has 1 aromatic carbocycles. The molecule has 0 spiro atoms. The summed E-state index contributed by atoms with van der Waals surface area (Å²) >= 11 is 0. The highest BCUT2D eigenvalue weighted by atomic mass is 16.3. The molecule has 126 valence electrons. The van der Waals surface area contributed by atoms with Crippen LogP contribution in [-0.2, 0) is 12.8 Å². The van der Waals surface area contributed by atoms with Gasteiger partial charge in [-0.2, -0.15) is 0 Å². The van der Waals surface area contributed by atoms with Crippen LogP contribution in [0.1, 0.15) is 82.4 Å². The molecule has 0 saturated carbocycles. The van der Waals surface area contributed by atoms with Gasteiger partial charge >= 0.3 is 0 Å². The highest BCUT2D eigenvalue weighted by Crippen LogP contribution is 2.54. The van der Waals surface area contributed by atoms with Crippen LogP contribution in [0.15, 0.2) is 23.8 Å². The first kappa shape index (κ1) is 16.6. The third-order valence-corrected chi connectivity index (χ3v) is 6.10. The molecule has 1 nitrogen and oxygen atoms in total. The standard InChI is InChI=1S/C22H32O/c1-5-6-7-8-16-12-17-14-22(3,4)19-10-9-15(2)11-18(19)21(17)20(23)13-16/h11-13,18-19,23H,5-10,14H2,1-4H3. The summed E-state index contributed by atoms with van der Waals surface area (Å²) in [4.78, 5) is 0. The van der Waals surface area contributed by atoms with E-state index in [1.807, 2.05) is 6.07 Å². The van der Waals surface area contributed by atoms with Gasteiger partial charge in [-0.25, -0.2) is 0 Å². The number of aryl methyl sites for hydroxylation is 1. The van der Waals surface area contributed by atoms with E-state index >= 15 is 0 Å². The summed E-state index contributed by atoms with van der Waals surface area (Å²) in [6, 6.07) is 4.43. The highest BCUT2D eigenvalue weighted by molar-refractivity contribution is 5.50. The molecule has 1 aromatic rings. The van der Waals surface area contributed by atoms with Crippen LogP contribution in [0.5, 0.6) is 5.75 Å². The van der Waals surface area contributed by atoms with E-state index in [4.69, 9.17) is 0 Å². The van der Waals surface area contributed by atoms with E-state index in [2.05, 4.69) is 39.8 Å². The number of fused-ring (bicyclic) bond motifs is 3. The van der Waals surface area contributed by atoms with Crippen molar-refractivity contribution in [3.05, 3.63) is 40.5 Å². The third kappa shape index (κ3) is 3.20. The molecule has 0 aromatic heterocycles. The SMILES string of the molecule is CCCCCc1cc(O)c2c(c1)CC(C)(C)C1CCC(C)=CC21. The van der Waals surface area contributed by atoms with Crippen LogP contribution in [0, 0.1) is 11.3 Å². The number of hydrogen-bond acceptors (Lipinski definition) is 1. The Morgan fingerprint density at radius 1 is 1.22 bits per heavy atom. The maximum Gasteiger partial charge on any atom is 0.119 e. The zero-order valence-corrected chi connectivity index (χ0v) is 15.3. The van der Waals surface area contributed by atoms with Gasteiger partial charge in [0.1, 0.15) is 5.75 Å². The summed E-state index contributed by atoms with van der Waals surface area (Å²) in [6.07, 6.45) is 10.9. The topological polar surface area (TPSA) is 20.2 Å². The first-order valence-electron chi connectivity index (χ1n) is 9.44. The van der Waals surface area contributed by atoms with Gasteiger partial charge in [0.2, 0.25) is 0 Å². The Bertz CT molecular complexity index is 609. The van der Waals surface area contributed by atoms with E-state index in [0.29, 0.717) is 23.0 Å². The molecule has 2 aliphatic carbocycles. The van der Waals surface area contributed by atoms with Gasteiger partial charge in [-0.1, -0.05) is 51.3 Å². The molecule has 0 amide bonds. The molecule has 0 fully saturated rings. The second kappa shape index (κ2) is 6.34. The molecule has 1 heteroatoms. The molecule has 1 N–H and O–H groups in total. The van der Waals surface area contributed by atoms with Crippen molar-refractivity contribution in [2.75, 3.05) is 0 Å². The Kier molecular flexibility index (Phi) is 4.58. The van der Waals surface area contributed by atoms with E-state index in [0.717, 1.165) is 12.8 Å². The Morgan fingerprint density at radius 3 is 2.74 bits per heavy atom. The number of rotatable bonds is 4. The molecule has 2 atom stereocenters. The molecule has 2 aliphatic rings. The molecule has 3 rings (SSSR count). The fourth-order valence-corrected chi connectivity index (χ4v) is 4.87. The average Bonchev–Trinajstić information content (AvgIpc) is 2.46. The van der Waals surface area contributed by atoms with E-state index in [1.54, 1.807) is 0 Å². The van der Waals surface area contributed by atoms with Crippen molar-refractivity contribution in [1.82, 2.24) is 0 Å². The monoisotopic (exact) mass is 312 g/mol. The van der Waals surface area contributed by atoms with Crippen LogP contribution in [0.25, 0.3) is 0 Å². The summed E-state index contributed by atoms with van der Waals surface area (Å²) in [7, 11) is 0. The number of phenolic OH excluding ortho intramolecular Hbond substituents is 1. The number of phenols is 1. The normalized spacial score (nSPS) is 25.5. The fourth-order valence-electron chi connectivity index (χ4n) is 4.87.